The minimum absolute atomic E-state index is 0.161. The van der Waals surface area contributed by atoms with E-state index in [4.69, 9.17) is 0 Å². The van der Waals surface area contributed by atoms with Crippen LogP contribution >= 0.6 is 0 Å². The molecular formula is C23H20F5N7O. The summed E-state index contributed by atoms with van der Waals surface area (Å²) in [6.07, 6.45) is 7.84. The Kier molecular flexibility index (Phi) is 5.85. The van der Waals surface area contributed by atoms with E-state index in [0.29, 0.717) is 23.3 Å². The van der Waals surface area contributed by atoms with E-state index in [-0.39, 0.29) is 11.9 Å². The van der Waals surface area contributed by atoms with Crippen molar-refractivity contribution in [1.82, 2.24) is 30.0 Å². The number of aromatic nitrogens is 4. The van der Waals surface area contributed by atoms with Crippen LogP contribution in [-0.2, 0) is 0 Å². The van der Waals surface area contributed by atoms with Crippen molar-refractivity contribution in [2.45, 2.75) is 24.4 Å². The SMILES string of the molecule is O=C(NCC(F)(F)F)NC1=CC=CC(c2cnc3cc(-c4cnc(N5CC(F)(F)C5)nc4)ccn23)C1. The van der Waals surface area contributed by atoms with Crippen LogP contribution in [-0.4, -0.2) is 57.1 Å². The van der Waals surface area contributed by atoms with Crippen LogP contribution in [0, 0.1) is 0 Å². The first kappa shape index (κ1) is 23.7. The number of urea groups is 1. The number of pyridine rings is 1. The Labute approximate surface area is 201 Å². The van der Waals surface area contributed by atoms with Crippen molar-refractivity contribution in [1.29, 1.82) is 0 Å². The molecule has 1 saturated heterocycles. The van der Waals surface area contributed by atoms with E-state index in [1.54, 1.807) is 36.1 Å². The zero-order chi connectivity index (χ0) is 25.5. The molecular weight excluding hydrogens is 485 g/mol. The molecule has 3 aromatic rings. The maximum atomic E-state index is 13.1. The number of hydrogen-bond acceptors (Lipinski definition) is 5. The molecule has 1 aliphatic carbocycles. The van der Waals surface area contributed by atoms with Gasteiger partial charge in [0.15, 0.2) is 0 Å². The number of alkyl halides is 5. The Balaban J connectivity index is 1.26. The number of hydrogen-bond donors (Lipinski definition) is 2. The number of carbonyl (C=O) groups excluding carboxylic acids is 1. The van der Waals surface area contributed by atoms with E-state index >= 15 is 0 Å². The number of halogens is 5. The Bertz CT molecular complexity index is 1340. The third kappa shape index (κ3) is 5.14. The zero-order valence-corrected chi connectivity index (χ0v) is 18.6. The van der Waals surface area contributed by atoms with Crippen LogP contribution in [0.3, 0.4) is 0 Å². The third-order valence-electron chi connectivity index (χ3n) is 5.82. The number of imidazole rings is 1. The van der Waals surface area contributed by atoms with E-state index in [0.717, 1.165) is 11.3 Å². The van der Waals surface area contributed by atoms with Crippen LogP contribution in [0.25, 0.3) is 16.8 Å². The maximum absolute atomic E-state index is 13.1. The number of amides is 2. The Morgan fingerprint density at radius 1 is 1.11 bits per heavy atom. The van der Waals surface area contributed by atoms with Gasteiger partial charge in [-0.25, -0.2) is 28.5 Å². The first-order chi connectivity index (χ1) is 17.1. The van der Waals surface area contributed by atoms with Gasteiger partial charge < -0.3 is 19.9 Å². The summed E-state index contributed by atoms with van der Waals surface area (Å²) in [5.41, 5.74) is 3.46. The van der Waals surface area contributed by atoms with Crippen LogP contribution in [0.4, 0.5) is 32.7 Å². The fraction of sp³-hybridized carbons (Fsp3) is 0.304. The molecule has 1 unspecified atom stereocenters. The lowest BCUT2D eigenvalue weighted by molar-refractivity contribution is -0.122. The number of rotatable bonds is 5. The van der Waals surface area contributed by atoms with Crippen LogP contribution in [0.15, 0.2) is 60.8 Å². The molecule has 0 bridgehead atoms. The van der Waals surface area contributed by atoms with Crippen molar-refractivity contribution < 1.29 is 26.7 Å². The summed E-state index contributed by atoms with van der Waals surface area (Å²) in [7, 11) is 0. The lowest BCUT2D eigenvalue weighted by atomic mass is 9.95. The quantitative estimate of drug-likeness (QED) is 0.512. The first-order valence-corrected chi connectivity index (χ1v) is 11.0. The Morgan fingerprint density at radius 2 is 1.86 bits per heavy atom. The molecule has 2 aliphatic rings. The fourth-order valence-electron chi connectivity index (χ4n) is 4.09. The van der Waals surface area contributed by atoms with Crippen molar-refractivity contribution in [2.75, 3.05) is 24.5 Å². The van der Waals surface area contributed by atoms with Crippen LogP contribution in [0.1, 0.15) is 18.0 Å². The lowest BCUT2D eigenvalue weighted by Gasteiger charge is -2.38. The van der Waals surface area contributed by atoms with Gasteiger partial charge in [-0.1, -0.05) is 12.2 Å². The Hall–Kier alpha value is -4.03. The number of nitrogens with one attached hydrogen (secondary N) is 2. The number of carbonyl (C=O) groups is 1. The topological polar surface area (TPSA) is 87.4 Å². The molecule has 0 aromatic carbocycles. The van der Waals surface area contributed by atoms with Crippen LogP contribution in [0.5, 0.6) is 0 Å². The van der Waals surface area contributed by atoms with Crippen molar-refractivity contribution in [3.05, 3.63) is 66.5 Å². The summed E-state index contributed by atoms with van der Waals surface area (Å²) < 4.78 is 65.0. The molecule has 1 fully saturated rings. The largest absolute Gasteiger partial charge is 0.405 e. The van der Waals surface area contributed by atoms with Gasteiger partial charge >= 0.3 is 12.2 Å². The maximum Gasteiger partial charge on any atom is 0.405 e. The van der Waals surface area contributed by atoms with Crippen molar-refractivity contribution in [3.63, 3.8) is 0 Å². The fourth-order valence-corrected chi connectivity index (χ4v) is 4.09. The highest BCUT2D eigenvalue weighted by Gasteiger charge is 2.45. The van der Waals surface area contributed by atoms with Gasteiger partial charge in [0.25, 0.3) is 5.92 Å². The van der Waals surface area contributed by atoms with E-state index in [2.05, 4.69) is 20.3 Å². The van der Waals surface area contributed by atoms with Gasteiger partial charge in [0.2, 0.25) is 5.95 Å². The average Bonchev–Trinajstić information content (AvgIpc) is 3.24. The molecule has 13 heteroatoms. The second-order valence-corrected chi connectivity index (χ2v) is 8.62. The Morgan fingerprint density at radius 3 is 2.56 bits per heavy atom. The highest BCUT2D eigenvalue weighted by molar-refractivity contribution is 5.76. The predicted molar refractivity (Wildman–Crippen MR) is 121 cm³/mol. The van der Waals surface area contributed by atoms with E-state index < -0.39 is 37.8 Å². The summed E-state index contributed by atoms with van der Waals surface area (Å²) in [5.74, 6) is -2.61. The van der Waals surface area contributed by atoms with Gasteiger partial charge in [0.1, 0.15) is 12.2 Å². The van der Waals surface area contributed by atoms with Crippen molar-refractivity contribution >= 4 is 17.6 Å². The molecule has 1 atom stereocenters. The molecule has 0 radical (unpaired) electrons. The first-order valence-electron chi connectivity index (χ1n) is 11.0. The third-order valence-corrected chi connectivity index (χ3v) is 5.82. The molecule has 188 valence electrons. The zero-order valence-electron chi connectivity index (χ0n) is 18.6. The van der Waals surface area contributed by atoms with Gasteiger partial charge in [-0.05, 0) is 30.2 Å². The molecule has 0 saturated carbocycles. The van der Waals surface area contributed by atoms with Gasteiger partial charge in [0.05, 0.1) is 13.1 Å². The number of allylic oxidation sites excluding steroid dienone is 4. The van der Waals surface area contributed by atoms with E-state index in [1.807, 2.05) is 28.8 Å². The minimum atomic E-state index is -4.49. The minimum Gasteiger partial charge on any atom is -0.329 e. The number of anilines is 1. The van der Waals surface area contributed by atoms with Gasteiger partial charge in [0, 0.05) is 47.7 Å². The lowest BCUT2D eigenvalue weighted by Crippen LogP contribution is -2.57. The molecule has 36 heavy (non-hydrogen) atoms. The van der Waals surface area contributed by atoms with Gasteiger partial charge in [-0.15, -0.1) is 0 Å². The van der Waals surface area contributed by atoms with Crippen molar-refractivity contribution in [3.8, 4) is 11.1 Å². The smallest absolute Gasteiger partial charge is 0.329 e. The number of fused-ring (bicyclic) bond motifs is 1. The summed E-state index contributed by atoms with van der Waals surface area (Å²) in [5, 5.41) is 4.25. The number of nitrogens with zero attached hydrogens (tertiary/aromatic N) is 5. The highest BCUT2D eigenvalue weighted by atomic mass is 19.4. The van der Waals surface area contributed by atoms with Crippen molar-refractivity contribution in [2.24, 2.45) is 0 Å². The second kappa shape index (κ2) is 8.88. The van der Waals surface area contributed by atoms with Crippen LogP contribution in [0.2, 0.25) is 0 Å². The molecule has 4 heterocycles. The monoisotopic (exact) mass is 505 g/mol. The molecule has 8 nitrogen and oxygen atoms in total. The molecule has 3 aromatic heterocycles. The molecule has 2 N–H and O–H groups in total. The van der Waals surface area contributed by atoms with Crippen LogP contribution < -0.4 is 15.5 Å². The summed E-state index contributed by atoms with van der Waals surface area (Å²) in [6, 6.07) is 2.76. The van der Waals surface area contributed by atoms with E-state index in [1.165, 1.54) is 4.90 Å². The van der Waals surface area contributed by atoms with Gasteiger partial charge in [-0.3, -0.25) is 0 Å². The van der Waals surface area contributed by atoms with Gasteiger partial charge in [-0.2, -0.15) is 13.2 Å². The highest BCUT2D eigenvalue weighted by Crippen LogP contribution is 2.31. The molecule has 1 aliphatic heterocycles. The summed E-state index contributed by atoms with van der Waals surface area (Å²) in [6.45, 7) is -2.20. The average molecular weight is 505 g/mol. The second-order valence-electron chi connectivity index (χ2n) is 8.62. The molecule has 2 amide bonds. The van der Waals surface area contributed by atoms with E-state index in [9.17, 15) is 26.7 Å². The summed E-state index contributed by atoms with van der Waals surface area (Å²) >= 11 is 0. The molecule has 5 rings (SSSR count). The summed E-state index contributed by atoms with van der Waals surface area (Å²) in [4.78, 5) is 26.1. The normalized spacial score (nSPS) is 19.1. The molecule has 0 spiro atoms. The standard InChI is InChI=1S/C23H20F5N7O/c24-22(25)12-34(13-22)20-30-8-16(9-31-20)14-4-5-35-18(10-29-19(35)7-14)15-2-1-3-17(6-15)33-21(36)32-11-23(26,27)28/h1-5,7-10,15H,6,11-13H2,(H2,32,33,36). The predicted octanol–water partition coefficient (Wildman–Crippen LogP) is 4.04.